The van der Waals surface area contributed by atoms with E-state index in [4.69, 9.17) is 14.2 Å². The minimum absolute atomic E-state index is 0.142. The normalized spacial score (nSPS) is 10.7. The minimum Gasteiger partial charge on any atom is -0.493 e. The second-order valence-electron chi connectivity index (χ2n) is 7.65. The molecular weight excluding hydrogens is 434 g/mol. The Morgan fingerprint density at radius 2 is 1.74 bits per heavy atom. The zero-order chi connectivity index (χ0) is 23.9. The lowest BCUT2D eigenvalue weighted by atomic mass is 10.0. The second kappa shape index (κ2) is 10.6. The molecule has 0 unspecified atom stereocenters. The van der Waals surface area contributed by atoms with Crippen LogP contribution in [0, 0.1) is 6.92 Å². The number of aromatic nitrogens is 3. The highest BCUT2D eigenvalue weighted by atomic mass is 16.6. The van der Waals surface area contributed by atoms with Crippen molar-refractivity contribution in [2.75, 3.05) is 20.8 Å². The van der Waals surface area contributed by atoms with E-state index in [2.05, 4.69) is 19.9 Å². The number of Topliss-reactive ketones (excluding diaryl/α,β-unsaturated/α-hetero) is 1. The van der Waals surface area contributed by atoms with Gasteiger partial charge in [0.25, 0.3) is 0 Å². The molecule has 0 N–H and O–H groups in total. The molecule has 8 nitrogen and oxygen atoms in total. The Bertz CT molecular complexity index is 1280. The van der Waals surface area contributed by atoms with E-state index in [0.29, 0.717) is 36.1 Å². The molecule has 2 aromatic carbocycles. The highest BCUT2D eigenvalue weighted by Crippen LogP contribution is 2.28. The van der Waals surface area contributed by atoms with Crippen LogP contribution >= 0.6 is 0 Å². The summed E-state index contributed by atoms with van der Waals surface area (Å²) in [7, 11) is 3.23. The number of aryl methyl sites for hydroxylation is 1. The summed E-state index contributed by atoms with van der Waals surface area (Å²) in [6, 6.07) is 19.1. The van der Waals surface area contributed by atoms with Gasteiger partial charge in [-0.05, 0) is 47.5 Å². The minimum atomic E-state index is -0.142. The highest BCUT2D eigenvalue weighted by Gasteiger charge is 2.16. The summed E-state index contributed by atoms with van der Waals surface area (Å²) in [6.45, 7) is 2.16. The van der Waals surface area contributed by atoms with E-state index < -0.39 is 0 Å². The van der Waals surface area contributed by atoms with Gasteiger partial charge < -0.3 is 14.2 Å². The summed E-state index contributed by atoms with van der Waals surface area (Å²) in [5.41, 5.74) is 4.33. The maximum atomic E-state index is 12.5. The quantitative estimate of drug-likeness (QED) is 0.320. The number of carbonyl (C=O) groups is 1. The van der Waals surface area contributed by atoms with E-state index >= 15 is 0 Å². The molecular formula is C26H25N3O5. The van der Waals surface area contributed by atoms with Crippen LogP contribution in [0.2, 0.25) is 0 Å². The lowest BCUT2D eigenvalue weighted by molar-refractivity contribution is 0.0983. The zero-order valence-corrected chi connectivity index (χ0v) is 19.3. The smallest absolute Gasteiger partial charge is 0.213 e. The molecule has 2 aromatic heterocycles. The zero-order valence-electron chi connectivity index (χ0n) is 19.3. The third-order valence-corrected chi connectivity index (χ3v) is 5.32. The average molecular weight is 460 g/mol. The number of benzene rings is 2. The molecule has 0 radical (unpaired) electrons. The SMILES string of the molecule is COc1ccc(CCOc2cccc(-c3cccc(CC(=O)c4nonc4C)c3)n2)cc1OC. The van der Waals surface area contributed by atoms with E-state index in [9.17, 15) is 4.79 Å². The first-order valence-corrected chi connectivity index (χ1v) is 10.8. The fraction of sp³-hybridized carbons (Fsp3) is 0.231. The number of carbonyl (C=O) groups excluding carboxylic acids is 1. The lowest BCUT2D eigenvalue weighted by Crippen LogP contribution is -2.06. The molecule has 0 aliphatic heterocycles. The van der Waals surface area contributed by atoms with Gasteiger partial charge in [0.1, 0.15) is 5.69 Å². The number of ketones is 1. The first-order chi connectivity index (χ1) is 16.6. The fourth-order valence-corrected chi connectivity index (χ4v) is 3.56. The summed E-state index contributed by atoms with van der Waals surface area (Å²) in [4.78, 5) is 17.1. The van der Waals surface area contributed by atoms with E-state index in [-0.39, 0.29) is 17.9 Å². The first kappa shape index (κ1) is 23.0. The van der Waals surface area contributed by atoms with Gasteiger partial charge >= 0.3 is 0 Å². The Labute approximate surface area is 197 Å². The number of methoxy groups -OCH3 is 2. The Balaban J connectivity index is 1.41. The third kappa shape index (κ3) is 5.40. The number of nitrogens with zero attached hydrogens (tertiary/aromatic N) is 3. The number of rotatable bonds is 10. The number of pyridine rings is 1. The Kier molecular flexibility index (Phi) is 7.17. The molecule has 0 saturated carbocycles. The molecule has 0 aliphatic carbocycles. The van der Waals surface area contributed by atoms with Gasteiger partial charge in [0.05, 0.1) is 26.5 Å². The molecule has 0 fully saturated rings. The van der Waals surface area contributed by atoms with Crippen molar-refractivity contribution < 1.29 is 23.6 Å². The molecule has 0 spiro atoms. The molecule has 4 rings (SSSR count). The molecule has 4 aromatic rings. The molecule has 8 heteroatoms. The van der Waals surface area contributed by atoms with Gasteiger partial charge in [-0.2, -0.15) is 0 Å². The maximum absolute atomic E-state index is 12.5. The summed E-state index contributed by atoms with van der Waals surface area (Å²) in [5, 5.41) is 7.37. The van der Waals surface area contributed by atoms with Crippen LogP contribution in [0.3, 0.4) is 0 Å². The van der Waals surface area contributed by atoms with Crippen molar-refractivity contribution in [2.45, 2.75) is 19.8 Å². The maximum Gasteiger partial charge on any atom is 0.213 e. The van der Waals surface area contributed by atoms with Gasteiger partial charge in [0.2, 0.25) is 5.88 Å². The second-order valence-corrected chi connectivity index (χ2v) is 7.65. The predicted octanol–water partition coefficient (Wildman–Crippen LogP) is 4.50. The van der Waals surface area contributed by atoms with Crippen LogP contribution in [0.1, 0.15) is 27.3 Å². The van der Waals surface area contributed by atoms with Crippen LogP contribution in [-0.2, 0) is 12.8 Å². The first-order valence-electron chi connectivity index (χ1n) is 10.8. The van der Waals surface area contributed by atoms with Crippen molar-refractivity contribution in [3.05, 3.63) is 83.2 Å². The van der Waals surface area contributed by atoms with Gasteiger partial charge in [-0.25, -0.2) is 9.61 Å². The predicted molar refractivity (Wildman–Crippen MR) is 125 cm³/mol. The number of hydrogen-bond acceptors (Lipinski definition) is 8. The summed E-state index contributed by atoms with van der Waals surface area (Å²) in [5.74, 6) is 1.77. The van der Waals surface area contributed by atoms with Crippen LogP contribution in [0.15, 0.2) is 65.3 Å². The summed E-state index contributed by atoms with van der Waals surface area (Å²) in [6.07, 6.45) is 0.893. The lowest BCUT2D eigenvalue weighted by Gasteiger charge is -2.11. The van der Waals surface area contributed by atoms with Crippen molar-refractivity contribution in [1.29, 1.82) is 0 Å². The van der Waals surface area contributed by atoms with Crippen molar-refractivity contribution in [2.24, 2.45) is 0 Å². The molecule has 174 valence electrons. The van der Waals surface area contributed by atoms with Crippen LogP contribution < -0.4 is 14.2 Å². The number of ether oxygens (including phenoxy) is 3. The van der Waals surface area contributed by atoms with Crippen molar-refractivity contribution in [3.8, 4) is 28.6 Å². The summed E-state index contributed by atoms with van der Waals surface area (Å²) < 4.78 is 21.2. The van der Waals surface area contributed by atoms with E-state index in [0.717, 1.165) is 22.4 Å². The molecule has 34 heavy (non-hydrogen) atoms. The van der Waals surface area contributed by atoms with Crippen LogP contribution in [-0.4, -0.2) is 41.9 Å². The molecule has 0 amide bonds. The molecule has 0 atom stereocenters. The summed E-state index contributed by atoms with van der Waals surface area (Å²) >= 11 is 0. The van der Waals surface area contributed by atoms with Gasteiger partial charge in [-0.15, -0.1) is 0 Å². The Morgan fingerprint density at radius 1 is 0.912 bits per heavy atom. The Hall–Kier alpha value is -4.20. The molecule has 0 saturated heterocycles. The monoisotopic (exact) mass is 459 g/mol. The van der Waals surface area contributed by atoms with Gasteiger partial charge in [-0.1, -0.05) is 35.5 Å². The van der Waals surface area contributed by atoms with Crippen molar-refractivity contribution in [1.82, 2.24) is 15.3 Å². The topological polar surface area (TPSA) is 96.6 Å². The standard InChI is InChI=1S/C26H25N3O5/c1-17-26(29-34-28-17)22(30)15-19-6-4-7-20(14-19)21-8-5-9-25(27-21)33-13-12-18-10-11-23(31-2)24(16-18)32-3/h4-11,14,16H,12-13,15H2,1-3H3. The average Bonchev–Trinajstić information content (AvgIpc) is 3.30. The van der Waals surface area contributed by atoms with Crippen LogP contribution in [0.4, 0.5) is 0 Å². The van der Waals surface area contributed by atoms with Gasteiger partial charge in [0, 0.05) is 24.5 Å². The van der Waals surface area contributed by atoms with Crippen molar-refractivity contribution >= 4 is 5.78 Å². The number of hydrogen-bond donors (Lipinski definition) is 0. The van der Waals surface area contributed by atoms with Gasteiger partial charge in [-0.3, -0.25) is 4.79 Å². The van der Waals surface area contributed by atoms with Crippen molar-refractivity contribution in [3.63, 3.8) is 0 Å². The van der Waals surface area contributed by atoms with Crippen LogP contribution in [0.25, 0.3) is 11.3 Å². The van der Waals surface area contributed by atoms with Gasteiger partial charge in [0.15, 0.2) is 23.0 Å². The molecule has 2 heterocycles. The van der Waals surface area contributed by atoms with E-state index in [1.807, 2.05) is 60.7 Å². The third-order valence-electron chi connectivity index (χ3n) is 5.32. The highest BCUT2D eigenvalue weighted by molar-refractivity contribution is 5.96. The van der Waals surface area contributed by atoms with E-state index in [1.165, 1.54) is 0 Å². The molecule has 0 bridgehead atoms. The largest absolute Gasteiger partial charge is 0.493 e. The van der Waals surface area contributed by atoms with E-state index in [1.54, 1.807) is 21.1 Å². The Morgan fingerprint density at radius 3 is 2.50 bits per heavy atom. The molecule has 0 aliphatic rings. The van der Waals surface area contributed by atoms with Crippen LogP contribution in [0.5, 0.6) is 17.4 Å². The fourth-order valence-electron chi connectivity index (χ4n) is 3.56.